The van der Waals surface area contributed by atoms with Crippen molar-refractivity contribution in [1.29, 1.82) is 0 Å². The molecule has 5 rings (SSSR count). The minimum Gasteiger partial charge on any atom is -0.481 e. The van der Waals surface area contributed by atoms with E-state index in [1.165, 1.54) is 42.9 Å². The van der Waals surface area contributed by atoms with Crippen molar-refractivity contribution in [2.75, 3.05) is 24.1 Å². The van der Waals surface area contributed by atoms with E-state index in [-0.39, 0.29) is 29.5 Å². The van der Waals surface area contributed by atoms with Crippen LogP contribution in [0.3, 0.4) is 0 Å². The molecule has 0 unspecified atom stereocenters. The minimum atomic E-state index is -0.551. The Kier molecular flexibility index (Phi) is 6.13. The second-order valence-corrected chi connectivity index (χ2v) is 9.10. The third-order valence-corrected chi connectivity index (χ3v) is 6.55. The molecule has 36 heavy (non-hydrogen) atoms. The maximum absolute atomic E-state index is 14.7. The minimum absolute atomic E-state index is 0.0958. The normalized spacial score (nSPS) is 15.2. The van der Waals surface area contributed by atoms with Crippen molar-refractivity contribution in [2.45, 2.75) is 31.8 Å². The topological polar surface area (TPSA) is 110 Å². The molecule has 8 nitrogen and oxygen atoms in total. The van der Waals surface area contributed by atoms with Gasteiger partial charge in [-0.15, -0.1) is 0 Å². The number of hydrogen-bond donors (Lipinski definition) is 2. The van der Waals surface area contributed by atoms with Gasteiger partial charge in [-0.25, -0.2) is 14.4 Å². The number of ether oxygens (including phenoxy) is 1. The fourth-order valence-electron chi connectivity index (χ4n) is 4.26. The molecule has 2 heterocycles. The molecule has 2 amide bonds. The number of rotatable bonds is 7. The van der Waals surface area contributed by atoms with Gasteiger partial charge in [-0.3, -0.25) is 9.59 Å². The van der Waals surface area contributed by atoms with Crippen molar-refractivity contribution < 1.29 is 18.7 Å². The van der Waals surface area contributed by atoms with E-state index in [2.05, 4.69) is 21.9 Å². The summed E-state index contributed by atoms with van der Waals surface area (Å²) in [5.74, 6) is -0.178. The summed E-state index contributed by atoms with van der Waals surface area (Å²) >= 11 is 0. The van der Waals surface area contributed by atoms with Crippen LogP contribution in [0.25, 0.3) is 11.3 Å². The molecule has 0 radical (unpaired) electrons. The molecule has 1 saturated heterocycles. The molecular weight excluding hydrogens is 461 g/mol. The van der Waals surface area contributed by atoms with Gasteiger partial charge < -0.3 is 20.7 Å². The van der Waals surface area contributed by atoms with Gasteiger partial charge in [0.2, 0.25) is 5.91 Å². The van der Waals surface area contributed by atoms with E-state index in [4.69, 9.17) is 10.5 Å². The van der Waals surface area contributed by atoms with Crippen molar-refractivity contribution in [3.05, 3.63) is 77.9 Å². The van der Waals surface area contributed by atoms with Crippen LogP contribution in [0.5, 0.6) is 5.75 Å². The number of nitrogens with one attached hydrogen (secondary N) is 1. The number of anilines is 2. The molecule has 0 atom stereocenters. The Balaban J connectivity index is 1.40. The molecule has 0 bridgehead atoms. The average molecular weight is 488 g/mol. The third-order valence-electron chi connectivity index (χ3n) is 6.55. The lowest BCUT2D eigenvalue weighted by atomic mass is 10.0. The van der Waals surface area contributed by atoms with Crippen LogP contribution in [-0.4, -0.2) is 45.9 Å². The van der Waals surface area contributed by atoms with E-state index in [0.29, 0.717) is 47.1 Å². The quantitative estimate of drug-likeness (QED) is 0.486. The number of nitrogen functional groups attached to an aromatic ring is 1. The molecule has 3 aromatic rings. The molecule has 1 saturated carbocycles. The van der Waals surface area contributed by atoms with Crippen LogP contribution >= 0.6 is 0 Å². The summed E-state index contributed by atoms with van der Waals surface area (Å²) < 4.78 is 20.8. The standard InChI is InChI=1S/C27H26FN5O3/c1-3-23(34)33-12-20(13-33)36-25-24(30-14-31-26(25)29)21-10-19(28)11-22(15(21)2)32-27(35)18-8-6-17(7-9-18)16-4-5-16/h3,6-11,14,16,20H,1,4-5,12-13H2,2H3,(H,32,35)(H2,29,30,31). The van der Waals surface area contributed by atoms with Crippen LogP contribution in [0, 0.1) is 12.7 Å². The van der Waals surface area contributed by atoms with Crippen LogP contribution in [0.15, 0.2) is 55.4 Å². The Morgan fingerprint density at radius 2 is 1.92 bits per heavy atom. The number of halogens is 1. The van der Waals surface area contributed by atoms with Crippen LogP contribution in [0.2, 0.25) is 0 Å². The number of nitrogens with two attached hydrogens (primary N) is 1. The van der Waals surface area contributed by atoms with Crippen molar-refractivity contribution >= 4 is 23.3 Å². The van der Waals surface area contributed by atoms with Gasteiger partial charge in [-0.2, -0.15) is 0 Å². The number of likely N-dealkylation sites (tertiary alicyclic amines) is 1. The van der Waals surface area contributed by atoms with E-state index < -0.39 is 5.82 Å². The molecule has 1 aromatic heterocycles. The van der Waals surface area contributed by atoms with Crippen LogP contribution in [0.4, 0.5) is 15.9 Å². The molecule has 1 aliphatic carbocycles. The molecular formula is C27H26FN5O3. The van der Waals surface area contributed by atoms with Gasteiger partial charge in [0.1, 0.15) is 23.9 Å². The van der Waals surface area contributed by atoms with Gasteiger partial charge in [0.05, 0.1) is 13.1 Å². The van der Waals surface area contributed by atoms with E-state index in [1.807, 2.05) is 12.1 Å². The summed E-state index contributed by atoms with van der Waals surface area (Å²) in [5.41, 5.74) is 9.44. The Morgan fingerprint density at radius 3 is 2.58 bits per heavy atom. The maximum Gasteiger partial charge on any atom is 0.255 e. The summed E-state index contributed by atoms with van der Waals surface area (Å²) in [6.45, 7) is 5.97. The van der Waals surface area contributed by atoms with E-state index in [9.17, 15) is 14.0 Å². The van der Waals surface area contributed by atoms with Gasteiger partial charge in [-0.1, -0.05) is 18.7 Å². The van der Waals surface area contributed by atoms with Gasteiger partial charge in [0.15, 0.2) is 11.6 Å². The van der Waals surface area contributed by atoms with Crippen LogP contribution < -0.4 is 15.8 Å². The number of benzene rings is 2. The molecule has 0 spiro atoms. The first-order valence-corrected chi connectivity index (χ1v) is 11.7. The molecule has 3 N–H and O–H groups in total. The number of carbonyl (C=O) groups excluding carboxylic acids is 2. The molecule has 1 aliphatic heterocycles. The highest BCUT2D eigenvalue weighted by atomic mass is 19.1. The zero-order chi connectivity index (χ0) is 25.4. The monoisotopic (exact) mass is 487 g/mol. The Morgan fingerprint density at radius 1 is 1.19 bits per heavy atom. The second-order valence-electron chi connectivity index (χ2n) is 9.10. The number of carbonyl (C=O) groups is 2. The highest BCUT2D eigenvalue weighted by molar-refractivity contribution is 6.05. The van der Waals surface area contributed by atoms with Gasteiger partial charge in [-0.05, 0) is 67.2 Å². The SMILES string of the molecule is C=CC(=O)N1CC(Oc2c(N)ncnc2-c2cc(F)cc(NC(=O)c3ccc(C4CC4)cc3)c2C)C1. The molecule has 184 valence electrons. The van der Waals surface area contributed by atoms with Crippen molar-refractivity contribution in [3.63, 3.8) is 0 Å². The lowest BCUT2D eigenvalue weighted by Crippen LogP contribution is -2.55. The first-order valence-electron chi connectivity index (χ1n) is 11.7. The number of aromatic nitrogens is 2. The Hall–Kier alpha value is -4.27. The van der Waals surface area contributed by atoms with Gasteiger partial charge in [0.25, 0.3) is 5.91 Å². The molecule has 2 aliphatic rings. The lowest BCUT2D eigenvalue weighted by molar-refractivity contribution is -0.134. The van der Waals surface area contributed by atoms with Crippen molar-refractivity contribution in [1.82, 2.24) is 14.9 Å². The van der Waals surface area contributed by atoms with E-state index >= 15 is 0 Å². The highest BCUT2D eigenvalue weighted by Gasteiger charge is 2.33. The smallest absolute Gasteiger partial charge is 0.255 e. The fourth-order valence-corrected chi connectivity index (χ4v) is 4.26. The summed E-state index contributed by atoms with van der Waals surface area (Å²) in [6.07, 6.45) is 4.57. The molecule has 2 fully saturated rings. The fraction of sp³-hybridized carbons (Fsp3) is 0.259. The number of hydrogen-bond acceptors (Lipinski definition) is 6. The predicted octanol–water partition coefficient (Wildman–Crippen LogP) is 4.08. The first kappa shape index (κ1) is 23.5. The van der Waals surface area contributed by atoms with E-state index in [1.54, 1.807) is 24.0 Å². The van der Waals surface area contributed by atoms with Gasteiger partial charge >= 0.3 is 0 Å². The maximum atomic E-state index is 14.7. The van der Waals surface area contributed by atoms with E-state index in [0.717, 1.165) is 0 Å². The summed E-state index contributed by atoms with van der Waals surface area (Å²) in [7, 11) is 0. The third kappa shape index (κ3) is 4.64. The summed E-state index contributed by atoms with van der Waals surface area (Å²) in [5, 5.41) is 2.82. The summed E-state index contributed by atoms with van der Waals surface area (Å²) in [4.78, 5) is 34.5. The summed E-state index contributed by atoms with van der Waals surface area (Å²) in [6, 6.07) is 10.1. The molecule has 2 aromatic carbocycles. The second kappa shape index (κ2) is 9.41. The van der Waals surface area contributed by atoms with Crippen molar-refractivity contribution in [3.8, 4) is 17.0 Å². The largest absolute Gasteiger partial charge is 0.481 e. The zero-order valence-corrected chi connectivity index (χ0v) is 19.8. The predicted molar refractivity (Wildman–Crippen MR) is 134 cm³/mol. The number of nitrogens with zero attached hydrogens (tertiary/aromatic N) is 3. The van der Waals surface area contributed by atoms with Gasteiger partial charge in [0, 0.05) is 16.8 Å². The van der Waals surface area contributed by atoms with Crippen LogP contribution in [-0.2, 0) is 4.79 Å². The zero-order valence-electron chi connectivity index (χ0n) is 19.8. The first-order chi connectivity index (χ1) is 17.3. The Labute approximate surface area is 208 Å². The highest BCUT2D eigenvalue weighted by Crippen LogP contribution is 2.40. The lowest BCUT2D eigenvalue weighted by Gasteiger charge is -2.38. The number of amides is 2. The average Bonchev–Trinajstić information content (AvgIpc) is 3.69. The van der Waals surface area contributed by atoms with Crippen molar-refractivity contribution in [2.24, 2.45) is 0 Å². The molecule has 9 heteroatoms. The van der Waals surface area contributed by atoms with Crippen LogP contribution in [0.1, 0.15) is 40.2 Å². The Bertz CT molecular complexity index is 1350.